The van der Waals surface area contributed by atoms with Gasteiger partial charge in [0.15, 0.2) is 0 Å². The Morgan fingerprint density at radius 2 is 1.94 bits per heavy atom. The molecule has 3 aromatic heterocycles. The van der Waals surface area contributed by atoms with E-state index in [1.165, 1.54) is 5.56 Å². The van der Waals surface area contributed by atoms with Gasteiger partial charge in [-0.15, -0.1) is 0 Å². The van der Waals surface area contributed by atoms with Crippen molar-refractivity contribution in [3.05, 3.63) is 58.8 Å². The van der Waals surface area contributed by atoms with Gasteiger partial charge in [0.05, 0.1) is 34.5 Å². The molecule has 1 aromatic carbocycles. The first-order chi connectivity index (χ1) is 16.9. The molecule has 0 aliphatic carbocycles. The molecular weight excluding hydrogens is 440 g/mol. The zero-order chi connectivity index (χ0) is 24.7. The molecular formula is C26H30N8O. The number of aryl methyl sites for hydroxylation is 1. The Bertz CT molecular complexity index is 1480. The molecule has 3 atom stereocenters. The second kappa shape index (κ2) is 9.12. The summed E-state index contributed by atoms with van der Waals surface area (Å²) in [6, 6.07) is 10.9. The molecule has 0 bridgehead atoms. The summed E-state index contributed by atoms with van der Waals surface area (Å²) in [6.07, 6.45) is 6.17. The number of rotatable bonds is 5. The van der Waals surface area contributed by atoms with Crippen LogP contribution >= 0.6 is 0 Å². The lowest BCUT2D eigenvalue weighted by Gasteiger charge is -2.48. The van der Waals surface area contributed by atoms with Gasteiger partial charge in [-0.3, -0.25) is 24.3 Å². The molecule has 180 valence electrons. The molecule has 35 heavy (non-hydrogen) atoms. The summed E-state index contributed by atoms with van der Waals surface area (Å²) in [5.41, 5.74) is 5.33. The molecule has 4 aromatic rings. The Labute approximate surface area is 204 Å². The number of hydrogen-bond acceptors (Lipinski definition) is 7. The largest absolute Gasteiger partial charge is 0.364 e. The van der Waals surface area contributed by atoms with E-state index >= 15 is 0 Å². The van der Waals surface area contributed by atoms with Crippen molar-refractivity contribution in [2.75, 3.05) is 18.0 Å². The van der Waals surface area contributed by atoms with Gasteiger partial charge in [0.1, 0.15) is 12.1 Å². The molecule has 1 aliphatic heterocycles. The lowest BCUT2D eigenvalue weighted by atomic mass is 9.98. The Morgan fingerprint density at radius 3 is 2.69 bits per heavy atom. The zero-order valence-electron chi connectivity index (χ0n) is 20.6. The van der Waals surface area contributed by atoms with Gasteiger partial charge in [-0.2, -0.15) is 10.4 Å². The Hall–Kier alpha value is -3.77. The van der Waals surface area contributed by atoms with E-state index < -0.39 is 0 Å². The molecule has 1 fully saturated rings. The number of anilines is 1. The van der Waals surface area contributed by atoms with Gasteiger partial charge in [0, 0.05) is 56.7 Å². The predicted molar refractivity (Wildman–Crippen MR) is 136 cm³/mol. The summed E-state index contributed by atoms with van der Waals surface area (Å²) in [5.74, 6) is 0. The molecule has 4 heterocycles. The average Bonchev–Trinajstić information content (AvgIpc) is 3.30. The van der Waals surface area contributed by atoms with Crippen LogP contribution in [0.4, 0.5) is 5.69 Å². The number of pyridine rings is 1. The van der Waals surface area contributed by atoms with Crippen LogP contribution in [0.1, 0.15) is 38.8 Å². The van der Waals surface area contributed by atoms with Crippen molar-refractivity contribution in [3.63, 3.8) is 0 Å². The second-order valence-electron chi connectivity index (χ2n) is 9.39. The number of fused-ring (bicyclic) bond motifs is 2. The summed E-state index contributed by atoms with van der Waals surface area (Å²) < 4.78 is 3.21. The van der Waals surface area contributed by atoms with Gasteiger partial charge in [-0.25, -0.2) is 0 Å². The van der Waals surface area contributed by atoms with Crippen LogP contribution in [0.25, 0.3) is 22.1 Å². The third kappa shape index (κ3) is 4.04. The number of benzene rings is 1. The van der Waals surface area contributed by atoms with Crippen molar-refractivity contribution in [2.45, 2.75) is 51.9 Å². The minimum Gasteiger partial charge on any atom is -0.364 e. The quantitative estimate of drug-likeness (QED) is 0.442. The fourth-order valence-corrected chi connectivity index (χ4v) is 5.29. The van der Waals surface area contributed by atoms with Gasteiger partial charge in [0.2, 0.25) is 0 Å². The second-order valence-corrected chi connectivity index (χ2v) is 9.39. The lowest BCUT2D eigenvalue weighted by Crippen LogP contribution is -2.58. The predicted octanol–water partition coefficient (Wildman–Crippen LogP) is 3.25. The van der Waals surface area contributed by atoms with Crippen molar-refractivity contribution in [2.24, 2.45) is 7.05 Å². The Balaban J connectivity index is 1.48. The van der Waals surface area contributed by atoms with Crippen molar-refractivity contribution in [1.29, 1.82) is 5.26 Å². The summed E-state index contributed by atoms with van der Waals surface area (Å²) in [6.45, 7) is 8.47. The summed E-state index contributed by atoms with van der Waals surface area (Å²) >= 11 is 0. The Morgan fingerprint density at radius 1 is 1.17 bits per heavy atom. The van der Waals surface area contributed by atoms with Crippen LogP contribution in [0.2, 0.25) is 0 Å². The third-order valence-electron chi connectivity index (χ3n) is 7.31. The van der Waals surface area contributed by atoms with Crippen molar-refractivity contribution < 1.29 is 0 Å². The number of aromatic nitrogens is 5. The van der Waals surface area contributed by atoms with Crippen molar-refractivity contribution >= 4 is 27.8 Å². The summed E-state index contributed by atoms with van der Waals surface area (Å²) in [7, 11) is 1.75. The minimum atomic E-state index is -0.0698. The number of hydrogen-bond donors (Lipinski definition) is 0. The summed E-state index contributed by atoms with van der Waals surface area (Å²) in [4.78, 5) is 26.6. The van der Waals surface area contributed by atoms with Crippen molar-refractivity contribution in [1.82, 2.24) is 29.2 Å². The lowest BCUT2D eigenvalue weighted by molar-refractivity contribution is 0.114. The van der Waals surface area contributed by atoms with Crippen LogP contribution in [0.3, 0.4) is 0 Å². The smallest absolute Gasteiger partial charge is 0.252 e. The first-order valence-electron chi connectivity index (χ1n) is 12.1. The molecule has 0 amide bonds. The fraction of sp³-hybridized carbons (Fsp3) is 0.423. The molecule has 1 saturated heterocycles. The maximum absolute atomic E-state index is 12.8. The third-order valence-corrected chi connectivity index (χ3v) is 7.31. The van der Waals surface area contributed by atoms with E-state index in [-0.39, 0.29) is 30.2 Å². The molecule has 1 aliphatic rings. The van der Waals surface area contributed by atoms with Crippen LogP contribution in [-0.2, 0) is 13.6 Å². The van der Waals surface area contributed by atoms with Crippen LogP contribution in [0, 0.1) is 11.3 Å². The van der Waals surface area contributed by atoms with Gasteiger partial charge >= 0.3 is 0 Å². The standard InChI is InChI=1S/C26H30N8O/c1-5-20-15-33(18(3)19-6-7-21-22(12-19)29-10-9-28-21)17(2)14-34(20)23-13-25(35)31(4)24-16-32(11-8-27)30-26(23)24/h6-7,9-10,12-13,16-18,20H,5,11,14-15H2,1-4H3/t17-,18+,20+/m1/s1. The number of nitrogens with zero attached hydrogens (tertiary/aromatic N) is 8. The number of nitriles is 1. The van der Waals surface area contributed by atoms with Crippen LogP contribution in [0.5, 0.6) is 0 Å². The minimum absolute atomic E-state index is 0.0698. The van der Waals surface area contributed by atoms with Gasteiger partial charge in [-0.05, 0) is 38.0 Å². The molecule has 9 heteroatoms. The molecule has 0 unspecified atom stereocenters. The van der Waals surface area contributed by atoms with Crippen molar-refractivity contribution in [3.8, 4) is 6.07 Å². The Kier molecular flexibility index (Phi) is 5.99. The topological polar surface area (TPSA) is 95.9 Å². The highest BCUT2D eigenvalue weighted by atomic mass is 16.1. The number of piperazine rings is 1. The first kappa shape index (κ1) is 23.0. The molecule has 0 saturated carbocycles. The maximum atomic E-state index is 12.8. The average molecular weight is 471 g/mol. The highest BCUT2D eigenvalue weighted by Gasteiger charge is 2.35. The van der Waals surface area contributed by atoms with Crippen LogP contribution in [-0.4, -0.2) is 54.4 Å². The van der Waals surface area contributed by atoms with Gasteiger partial charge in [0.25, 0.3) is 5.56 Å². The van der Waals surface area contributed by atoms with E-state index in [1.807, 2.05) is 6.07 Å². The monoisotopic (exact) mass is 470 g/mol. The van der Waals surface area contributed by atoms with E-state index in [0.29, 0.717) is 0 Å². The van der Waals surface area contributed by atoms with E-state index in [0.717, 1.165) is 47.3 Å². The SMILES string of the molecule is CC[C@H]1CN([C@@H](C)c2ccc3nccnc3c2)[C@H](C)CN1c1cc(=O)n(C)c2cn(CC#N)nc12. The van der Waals surface area contributed by atoms with E-state index in [4.69, 9.17) is 5.26 Å². The fourth-order valence-electron chi connectivity index (χ4n) is 5.29. The molecule has 0 radical (unpaired) electrons. The zero-order valence-corrected chi connectivity index (χ0v) is 20.6. The molecule has 0 spiro atoms. The molecule has 5 rings (SSSR count). The van der Waals surface area contributed by atoms with E-state index in [1.54, 1.807) is 41.0 Å². The normalized spacial score (nSPS) is 19.8. The first-order valence-corrected chi connectivity index (χ1v) is 12.1. The maximum Gasteiger partial charge on any atom is 0.252 e. The van der Waals surface area contributed by atoms with Crippen LogP contribution < -0.4 is 10.5 Å². The molecule has 9 nitrogen and oxygen atoms in total. The van der Waals surface area contributed by atoms with E-state index in [9.17, 15) is 4.79 Å². The van der Waals surface area contributed by atoms with Crippen LogP contribution in [0.15, 0.2) is 47.7 Å². The summed E-state index contributed by atoms with van der Waals surface area (Å²) in [5, 5.41) is 13.8. The van der Waals surface area contributed by atoms with E-state index in [2.05, 4.69) is 63.8 Å². The highest BCUT2D eigenvalue weighted by molar-refractivity contribution is 5.88. The highest BCUT2D eigenvalue weighted by Crippen LogP contribution is 2.33. The van der Waals surface area contributed by atoms with Gasteiger partial charge in [-0.1, -0.05) is 13.0 Å². The molecule has 0 N–H and O–H groups in total. The van der Waals surface area contributed by atoms with Gasteiger partial charge < -0.3 is 9.47 Å².